The molecule has 0 amide bonds. The maximum Gasteiger partial charge on any atom is 0.297 e. The van der Waals surface area contributed by atoms with Gasteiger partial charge in [0, 0.05) is 10.3 Å². The second-order valence-electron chi connectivity index (χ2n) is 4.24. The standard InChI is InChI=1S/C15H9ClF2N2S/c16-10-6-2-4-8-12(10)21-15-9-5-1-3-7-11(9)19-14(20-15)13(17)18/h1-8,13H. The number of benzene rings is 2. The summed E-state index contributed by atoms with van der Waals surface area (Å²) in [6, 6.07) is 14.3. The summed E-state index contributed by atoms with van der Waals surface area (Å²) >= 11 is 7.37. The van der Waals surface area contributed by atoms with Crippen LogP contribution in [0.1, 0.15) is 12.2 Å². The van der Waals surface area contributed by atoms with E-state index in [4.69, 9.17) is 11.6 Å². The van der Waals surface area contributed by atoms with E-state index < -0.39 is 12.2 Å². The fraction of sp³-hybridized carbons (Fsp3) is 0.0667. The number of halogens is 3. The number of alkyl halides is 2. The first-order valence-corrected chi connectivity index (χ1v) is 7.32. The van der Waals surface area contributed by atoms with Gasteiger partial charge in [-0.3, -0.25) is 0 Å². The summed E-state index contributed by atoms with van der Waals surface area (Å²) in [5.74, 6) is -0.469. The number of hydrogen-bond acceptors (Lipinski definition) is 3. The molecule has 0 aliphatic carbocycles. The van der Waals surface area contributed by atoms with Crippen LogP contribution in [0.4, 0.5) is 8.78 Å². The molecule has 0 unspecified atom stereocenters. The highest BCUT2D eigenvalue weighted by molar-refractivity contribution is 7.99. The average molecular weight is 323 g/mol. The van der Waals surface area contributed by atoms with E-state index in [1.807, 2.05) is 30.3 Å². The van der Waals surface area contributed by atoms with Gasteiger partial charge in [0.1, 0.15) is 5.03 Å². The highest BCUT2D eigenvalue weighted by atomic mass is 35.5. The Morgan fingerprint density at radius 2 is 1.67 bits per heavy atom. The van der Waals surface area contributed by atoms with Crippen LogP contribution in [0.25, 0.3) is 10.9 Å². The van der Waals surface area contributed by atoms with Crippen LogP contribution in [-0.2, 0) is 0 Å². The van der Waals surface area contributed by atoms with Crippen LogP contribution >= 0.6 is 23.4 Å². The average Bonchev–Trinajstić information content (AvgIpc) is 2.49. The lowest BCUT2D eigenvalue weighted by Gasteiger charge is -2.08. The van der Waals surface area contributed by atoms with Crippen molar-refractivity contribution >= 4 is 34.3 Å². The number of nitrogens with zero attached hydrogens (tertiary/aromatic N) is 2. The molecule has 3 rings (SSSR count). The maximum atomic E-state index is 12.9. The van der Waals surface area contributed by atoms with E-state index in [-0.39, 0.29) is 0 Å². The fourth-order valence-corrected chi connectivity index (χ4v) is 3.07. The molecular formula is C15H9ClF2N2S. The third-order valence-electron chi connectivity index (χ3n) is 2.82. The van der Waals surface area contributed by atoms with Crippen LogP contribution in [0.15, 0.2) is 58.5 Å². The van der Waals surface area contributed by atoms with Crippen molar-refractivity contribution in [2.75, 3.05) is 0 Å². The van der Waals surface area contributed by atoms with Crippen molar-refractivity contribution in [1.82, 2.24) is 9.97 Å². The quantitative estimate of drug-likeness (QED) is 0.606. The van der Waals surface area contributed by atoms with Gasteiger partial charge in [-0.15, -0.1) is 0 Å². The Morgan fingerprint density at radius 1 is 0.952 bits per heavy atom. The third-order valence-corrected chi connectivity index (χ3v) is 4.35. The topological polar surface area (TPSA) is 25.8 Å². The Morgan fingerprint density at radius 3 is 2.43 bits per heavy atom. The molecule has 0 fully saturated rings. The van der Waals surface area contributed by atoms with Gasteiger partial charge in [-0.25, -0.2) is 18.7 Å². The zero-order valence-electron chi connectivity index (χ0n) is 10.6. The van der Waals surface area contributed by atoms with Gasteiger partial charge < -0.3 is 0 Å². The maximum absolute atomic E-state index is 12.9. The van der Waals surface area contributed by atoms with Crippen molar-refractivity contribution < 1.29 is 8.78 Å². The summed E-state index contributed by atoms with van der Waals surface area (Å²) in [5, 5.41) is 1.76. The first-order chi connectivity index (χ1) is 10.1. The second kappa shape index (κ2) is 5.95. The van der Waals surface area contributed by atoms with Crippen molar-refractivity contribution in [2.45, 2.75) is 16.3 Å². The minimum atomic E-state index is -2.71. The first-order valence-electron chi connectivity index (χ1n) is 6.12. The zero-order valence-corrected chi connectivity index (χ0v) is 12.2. The van der Waals surface area contributed by atoms with Gasteiger partial charge in [0.25, 0.3) is 6.43 Å². The van der Waals surface area contributed by atoms with Gasteiger partial charge in [0.05, 0.1) is 10.5 Å². The summed E-state index contributed by atoms with van der Waals surface area (Å²) in [6.07, 6.45) is -2.71. The van der Waals surface area contributed by atoms with Crippen molar-refractivity contribution in [3.8, 4) is 0 Å². The molecule has 0 saturated carbocycles. The number of hydrogen-bond donors (Lipinski definition) is 0. The van der Waals surface area contributed by atoms with Crippen molar-refractivity contribution in [3.05, 3.63) is 59.4 Å². The van der Waals surface area contributed by atoms with Crippen molar-refractivity contribution in [1.29, 1.82) is 0 Å². The number of aromatic nitrogens is 2. The molecule has 0 bridgehead atoms. The molecular weight excluding hydrogens is 314 g/mol. The van der Waals surface area contributed by atoms with Crippen LogP contribution in [0.3, 0.4) is 0 Å². The molecule has 21 heavy (non-hydrogen) atoms. The lowest BCUT2D eigenvalue weighted by molar-refractivity contribution is 0.140. The number of para-hydroxylation sites is 1. The summed E-state index contributed by atoms with van der Waals surface area (Å²) < 4.78 is 25.9. The first kappa shape index (κ1) is 14.2. The molecule has 1 aromatic heterocycles. The van der Waals surface area contributed by atoms with E-state index in [1.54, 1.807) is 18.2 Å². The summed E-state index contributed by atoms with van der Waals surface area (Å²) in [4.78, 5) is 8.64. The molecule has 0 aliphatic rings. The van der Waals surface area contributed by atoms with Gasteiger partial charge in [-0.05, 0) is 18.2 Å². The van der Waals surface area contributed by atoms with Gasteiger partial charge in [0.15, 0.2) is 5.82 Å². The molecule has 2 aromatic carbocycles. The van der Waals surface area contributed by atoms with Crippen LogP contribution in [-0.4, -0.2) is 9.97 Å². The largest absolute Gasteiger partial charge is 0.297 e. The molecule has 0 saturated heterocycles. The Kier molecular flexibility index (Phi) is 4.03. The van der Waals surface area contributed by atoms with Gasteiger partial charge >= 0.3 is 0 Å². The van der Waals surface area contributed by atoms with E-state index in [2.05, 4.69) is 9.97 Å². The number of fused-ring (bicyclic) bond motifs is 1. The summed E-state index contributed by atoms with van der Waals surface area (Å²) in [6.45, 7) is 0. The van der Waals surface area contributed by atoms with Gasteiger partial charge in [0.2, 0.25) is 0 Å². The monoisotopic (exact) mass is 322 g/mol. The Bertz CT molecular complexity index is 795. The Balaban J connectivity index is 2.14. The summed E-state index contributed by atoms with van der Waals surface area (Å²) in [5.41, 5.74) is 0.498. The van der Waals surface area contributed by atoms with E-state index in [9.17, 15) is 8.78 Å². The normalized spacial score (nSPS) is 11.2. The second-order valence-corrected chi connectivity index (χ2v) is 5.68. The minimum absolute atomic E-state index is 0.469. The Labute approximate surface area is 129 Å². The Hall–Kier alpha value is -1.72. The fourth-order valence-electron chi connectivity index (χ4n) is 1.87. The smallest absolute Gasteiger partial charge is 0.227 e. The van der Waals surface area contributed by atoms with Crippen LogP contribution < -0.4 is 0 Å². The zero-order chi connectivity index (χ0) is 14.8. The van der Waals surface area contributed by atoms with E-state index in [1.165, 1.54) is 11.8 Å². The highest BCUT2D eigenvalue weighted by Crippen LogP contribution is 2.36. The molecule has 0 aliphatic heterocycles. The molecule has 0 N–H and O–H groups in total. The predicted molar refractivity (Wildman–Crippen MR) is 80.1 cm³/mol. The lowest BCUT2D eigenvalue weighted by Crippen LogP contribution is -1.98. The SMILES string of the molecule is FC(F)c1nc(Sc2ccccc2Cl)c2ccccc2n1. The van der Waals surface area contributed by atoms with Gasteiger partial charge in [-0.1, -0.05) is 53.7 Å². The molecule has 6 heteroatoms. The van der Waals surface area contributed by atoms with Crippen LogP contribution in [0.2, 0.25) is 5.02 Å². The van der Waals surface area contributed by atoms with Crippen molar-refractivity contribution in [2.24, 2.45) is 0 Å². The van der Waals surface area contributed by atoms with E-state index >= 15 is 0 Å². The molecule has 1 heterocycles. The lowest BCUT2D eigenvalue weighted by atomic mass is 10.2. The number of rotatable bonds is 3. The summed E-state index contributed by atoms with van der Waals surface area (Å²) in [7, 11) is 0. The van der Waals surface area contributed by atoms with E-state index in [0.717, 1.165) is 10.3 Å². The molecule has 2 nitrogen and oxygen atoms in total. The highest BCUT2D eigenvalue weighted by Gasteiger charge is 2.16. The van der Waals surface area contributed by atoms with Crippen LogP contribution in [0.5, 0.6) is 0 Å². The predicted octanol–water partition coefficient (Wildman–Crippen LogP) is 5.37. The minimum Gasteiger partial charge on any atom is -0.227 e. The molecule has 0 spiro atoms. The van der Waals surface area contributed by atoms with Gasteiger partial charge in [-0.2, -0.15) is 0 Å². The third kappa shape index (κ3) is 2.99. The molecule has 106 valence electrons. The molecule has 0 radical (unpaired) electrons. The van der Waals surface area contributed by atoms with Crippen LogP contribution in [0, 0.1) is 0 Å². The molecule has 3 aromatic rings. The van der Waals surface area contributed by atoms with Crippen molar-refractivity contribution in [3.63, 3.8) is 0 Å². The van der Waals surface area contributed by atoms with E-state index in [0.29, 0.717) is 15.6 Å². The molecule has 0 atom stereocenters.